The molecular formula is C16H22F2N4O2. The summed E-state index contributed by atoms with van der Waals surface area (Å²) >= 11 is 0. The zero-order valence-electron chi connectivity index (χ0n) is 13.8. The monoisotopic (exact) mass is 340 g/mol. The van der Waals surface area contributed by atoms with Gasteiger partial charge >= 0.3 is 0 Å². The van der Waals surface area contributed by atoms with Gasteiger partial charge in [0.1, 0.15) is 12.1 Å². The largest absolute Gasteiger partial charge is 0.481 e. The first-order valence-electron chi connectivity index (χ1n) is 8.26. The van der Waals surface area contributed by atoms with Gasteiger partial charge < -0.3 is 14.5 Å². The Labute approximate surface area is 139 Å². The predicted molar refractivity (Wildman–Crippen MR) is 84.3 cm³/mol. The summed E-state index contributed by atoms with van der Waals surface area (Å²) in [4.78, 5) is 24.5. The number of piperidine rings is 2. The molecule has 0 N–H and O–H groups in total. The lowest BCUT2D eigenvalue weighted by Gasteiger charge is -2.38. The van der Waals surface area contributed by atoms with Crippen molar-refractivity contribution < 1.29 is 18.3 Å². The van der Waals surface area contributed by atoms with Crippen LogP contribution in [-0.4, -0.2) is 60.0 Å². The number of carbonyl (C=O) groups excluding carboxylic acids is 1. The van der Waals surface area contributed by atoms with Gasteiger partial charge in [-0.1, -0.05) is 0 Å². The van der Waals surface area contributed by atoms with Gasteiger partial charge in [0.15, 0.2) is 0 Å². The highest BCUT2D eigenvalue weighted by atomic mass is 19.3. The smallest absolute Gasteiger partial charge is 0.251 e. The Morgan fingerprint density at radius 2 is 2.04 bits per heavy atom. The van der Waals surface area contributed by atoms with Crippen LogP contribution in [0.2, 0.25) is 0 Å². The highest BCUT2D eigenvalue weighted by Crippen LogP contribution is 2.30. The number of ether oxygens (including phenoxy) is 1. The Balaban J connectivity index is 1.63. The molecule has 3 heterocycles. The summed E-state index contributed by atoms with van der Waals surface area (Å²) in [7, 11) is 1.54. The fourth-order valence-electron chi connectivity index (χ4n) is 3.31. The van der Waals surface area contributed by atoms with Crippen LogP contribution in [0, 0.1) is 5.92 Å². The Hall–Kier alpha value is -1.99. The first-order valence-corrected chi connectivity index (χ1v) is 8.26. The number of anilines is 1. The highest BCUT2D eigenvalue weighted by molar-refractivity contribution is 5.80. The van der Waals surface area contributed by atoms with Gasteiger partial charge in [0, 0.05) is 45.1 Å². The SMILES string of the molecule is COc1cc(N2CCCC(C(=O)N3CCC(F)(F)CC3)C2)ncn1. The standard InChI is InChI=1S/C16H22F2N4O2/c1-24-14-9-13(19-11-20-14)22-6-2-3-12(10-22)15(23)21-7-4-16(17,18)5-8-21/h9,11-12H,2-8,10H2,1H3. The van der Waals surface area contributed by atoms with Crippen molar-refractivity contribution in [2.24, 2.45) is 5.92 Å². The number of alkyl halides is 2. The average molecular weight is 340 g/mol. The third kappa shape index (κ3) is 3.73. The fraction of sp³-hybridized carbons (Fsp3) is 0.688. The number of hydrogen-bond donors (Lipinski definition) is 0. The van der Waals surface area contributed by atoms with Gasteiger partial charge in [0.05, 0.1) is 13.0 Å². The molecule has 1 amide bonds. The van der Waals surface area contributed by atoms with Gasteiger partial charge in [-0.3, -0.25) is 4.79 Å². The normalized spacial score (nSPS) is 23.9. The molecule has 0 saturated carbocycles. The second kappa shape index (κ2) is 6.86. The maximum absolute atomic E-state index is 13.3. The van der Waals surface area contributed by atoms with E-state index in [1.54, 1.807) is 18.1 Å². The number of aromatic nitrogens is 2. The van der Waals surface area contributed by atoms with Crippen LogP contribution in [0.3, 0.4) is 0 Å². The van der Waals surface area contributed by atoms with Gasteiger partial charge in [-0.25, -0.2) is 18.7 Å². The Morgan fingerprint density at radius 1 is 1.29 bits per heavy atom. The van der Waals surface area contributed by atoms with Crippen LogP contribution in [0.15, 0.2) is 12.4 Å². The molecule has 0 bridgehead atoms. The topological polar surface area (TPSA) is 58.6 Å². The van der Waals surface area contributed by atoms with Crippen LogP contribution in [-0.2, 0) is 4.79 Å². The van der Waals surface area contributed by atoms with Crippen molar-refractivity contribution in [1.82, 2.24) is 14.9 Å². The van der Waals surface area contributed by atoms with E-state index in [2.05, 4.69) is 9.97 Å². The van der Waals surface area contributed by atoms with E-state index in [4.69, 9.17) is 4.74 Å². The molecule has 0 spiro atoms. The van der Waals surface area contributed by atoms with E-state index in [0.29, 0.717) is 12.4 Å². The summed E-state index contributed by atoms with van der Waals surface area (Å²) in [5, 5.41) is 0. The van der Waals surface area contributed by atoms with Gasteiger partial charge in [-0.2, -0.15) is 0 Å². The van der Waals surface area contributed by atoms with E-state index in [-0.39, 0.29) is 37.8 Å². The number of carbonyl (C=O) groups is 1. The molecule has 2 saturated heterocycles. The quantitative estimate of drug-likeness (QED) is 0.842. The van der Waals surface area contributed by atoms with Crippen molar-refractivity contribution in [3.63, 3.8) is 0 Å². The van der Waals surface area contributed by atoms with Gasteiger partial charge in [-0.05, 0) is 12.8 Å². The second-order valence-corrected chi connectivity index (χ2v) is 6.38. The Morgan fingerprint density at radius 3 is 2.75 bits per heavy atom. The summed E-state index contributed by atoms with van der Waals surface area (Å²) in [5.74, 6) is -1.62. The fourth-order valence-corrected chi connectivity index (χ4v) is 3.31. The molecule has 132 valence electrons. The van der Waals surface area contributed by atoms with Crippen molar-refractivity contribution in [2.45, 2.75) is 31.6 Å². The van der Waals surface area contributed by atoms with Gasteiger partial charge in [0.2, 0.25) is 11.8 Å². The molecule has 24 heavy (non-hydrogen) atoms. The van der Waals surface area contributed by atoms with Crippen molar-refractivity contribution in [1.29, 1.82) is 0 Å². The maximum atomic E-state index is 13.3. The summed E-state index contributed by atoms with van der Waals surface area (Å²) in [6, 6.07) is 1.74. The number of hydrogen-bond acceptors (Lipinski definition) is 5. The molecule has 2 fully saturated rings. The van der Waals surface area contributed by atoms with Crippen molar-refractivity contribution in [3.05, 3.63) is 12.4 Å². The summed E-state index contributed by atoms with van der Waals surface area (Å²) < 4.78 is 31.6. The Bertz CT molecular complexity index is 589. The first kappa shape index (κ1) is 16.9. The zero-order chi connectivity index (χ0) is 17.2. The van der Waals surface area contributed by atoms with Crippen LogP contribution < -0.4 is 9.64 Å². The third-order valence-electron chi connectivity index (χ3n) is 4.74. The molecule has 1 atom stereocenters. The molecule has 6 nitrogen and oxygen atoms in total. The molecule has 0 aromatic carbocycles. The number of halogens is 2. The third-order valence-corrected chi connectivity index (χ3v) is 4.74. The highest BCUT2D eigenvalue weighted by Gasteiger charge is 2.38. The van der Waals surface area contributed by atoms with Crippen molar-refractivity contribution in [2.75, 3.05) is 38.2 Å². The lowest BCUT2D eigenvalue weighted by molar-refractivity contribution is -0.141. The lowest BCUT2D eigenvalue weighted by atomic mass is 9.95. The van der Waals surface area contributed by atoms with Crippen LogP contribution in [0.1, 0.15) is 25.7 Å². The molecule has 1 unspecified atom stereocenters. The molecule has 0 aliphatic carbocycles. The number of nitrogens with zero attached hydrogens (tertiary/aromatic N) is 4. The molecule has 2 aliphatic rings. The summed E-state index contributed by atoms with van der Waals surface area (Å²) in [6.07, 6.45) is 2.61. The molecule has 2 aliphatic heterocycles. The van der Waals surface area contributed by atoms with Crippen LogP contribution in [0.5, 0.6) is 5.88 Å². The van der Waals surface area contributed by atoms with Crippen molar-refractivity contribution in [3.8, 4) is 5.88 Å². The maximum Gasteiger partial charge on any atom is 0.251 e. The zero-order valence-corrected chi connectivity index (χ0v) is 13.8. The van der Waals surface area contributed by atoms with E-state index in [1.165, 1.54) is 6.33 Å². The van der Waals surface area contributed by atoms with E-state index in [0.717, 1.165) is 25.2 Å². The van der Waals surface area contributed by atoms with Crippen LogP contribution >= 0.6 is 0 Å². The predicted octanol–water partition coefficient (Wildman–Crippen LogP) is 1.96. The lowest BCUT2D eigenvalue weighted by Crippen LogP contribution is -2.49. The molecule has 0 radical (unpaired) electrons. The van der Waals surface area contributed by atoms with Crippen molar-refractivity contribution >= 4 is 11.7 Å². The van der Waals surface area contributed by atoms with Gasteiger partial charge in [0.25, 0.3) is 5.92 Å². The minimum Gasteiger partial charge on any atom is -0.481 e. The van der Waals surface area contributed by atoms with E-state index >= 15 is 0 Å². The average Bonchev–Trinajstić information content (AvgIpc) is 2.61. The Kier molecular flexibility index (Phi) is 4.82. The number of rotatable bonds is 3. The van der Waals surface area contributed by atoms with E-state index in [1.807, 2.05) is 4.90 Å². The van der Waals surface area contributed by atoms with E-state index < -0.39 is 5.92 Å². The number of likely N-dealkylation sites (tertiary alicyclic amines) is 1. The molecular weight excluding hydrogens is 318 g/mol. The number of methoxy groups -OCH3 is 1. The van der Waals surface area contributed by atoms with Crippen LogP contribution in [0.4, 0.5) is 14.6 Å². The van der Waals surface area contributed by atoms with Crippen LogP contribution in [0.25, 0.3) is 0 Å². The second-order valence-electron chi connectivity index (χ2n) is 6.38. The minimum atomic E-state index is -2.63. The number of amides is 1. The molecule has 1 aromatic heterocycles. The molecule has 1 aromatic rings. The van der Waals surface area contributed by atoms with Gasteiger partial charge in [-0.15, -0.1) is 0 Å². The first-order chi connectivity index (χ1) is 11.5. The van der Waals surface area contributed by atoms with E-state index in [9.17, 15) is 13.6 Å². The summed E-state index contributed by atoms with van der Waals surface area (Å²) in [6.45, 7) is 1.64. The minimum absolute atomic E-state index is 0.0174. The summed E-state index contributed by atoms with van der Waals surface area (Å²) in [5.41, 5.74) is 0. The molecule has 8 heteroatoms. The molecule has 3 rings (SSSR count).